The molecule has 0 bridgehead atoms. The average molecular weight is 359 g/mol. The van der Waals surface area contributed by atoms with Gasteiger partial charge in [0.05, 0.1) is 5.71 Å². The summed E-state index contributed by atoms with van der Waals surface area (Å²) in [5.74, 6) is -0.917. The number of aromatic nitrogens is 2. The zero-order valence-electron chi connectivity index (χ0n) is 15.1. The van der Waals surface area contributed by atoms with E-state index in [9.17, 15) is 14.0 Å². The monoisotopic (exact) mass is 359 g/mol. The maximum absolute atomic E-state index is 14.1. The van der Waals surface area contributed by atoms with Gasteiger partial charge in [-0.25, -0.2) is 9.37 Å². The van der Waals surface area contributed by atoms with Gasteiger partial charge >= 0.3 is 0 Å². The van der Waals surface area contributed by atoms with Crippen molar-refractivity contribution in [1.82, 2.24) is 19.9 Å². The molecular formula is C18H22FN5O2. The molecule has 0 radical (unpaired) electrons. The molecule has 1 aromatic rings. The fourth-order valence-corrected chi connectivity index (χ4v) is 3.02. The van der Waals surface area contributed by atoms with Crippen molar-refractivity contribution in [3.05, 3.63) is 51.5 Å². The maximum Gasteiger partial charge on any atom is 0.277 e. The molecule has 0 fully saturated rings. The van der Waals surface area contributed by atoms with E-state index in [0.29, 0.717) is 29.3 Å². The molecule has 0 aromatic carbocycles. The van der Waals surface area contributed by atoms with Crippen LogP contribution in [-0.4, -0.2) is 53.4 Å². The van der Waals surface area contributed by atoms with Gasteiger partial charge in [0.25, 0.3) is 5.56 Å². The Balaban J connectivity index is 1.76. The van der Waals surface area contributed by atoms with E-state index >= 15 is 0 Å². The van der Waals surface area contributed by atoms with Crippen molar-refractivity contribution in [3.8, 4) is 0 Å². The van der Waals surface area contributed by atoms with Gasteiger partial charge < -0.3 is 10.2 Å². The van der Waals surface area contributed by atoms with Gasteiger partial charge in [0.15, 0.2) is 0 Å². The predicted molar refractivity (Wildman–Crippen MR) is 97.0 cm³/mol. The second kappa shape index (κ2) is 7.33. The number of carbonyl (C=O) groups is 1. The molecule has 0 saturated carbocycles. The third kappa shape index (κ3) is 3.50. The fourth-order valence-electron chi connectivity index (χ4n) is 3.02. The molecule has 2 aliphatic rings. The molecular weight excluding hydrogens is 337 g/mol. The molecule has 1 aliphatic carbocycles. The van der Waals surface area contributed by atoms with Crippen molar-refractivity contribution in [2.24, 2.45) is 5.10 Å². The molecule has 1 amide bonds. The Hall–Kier alpha value is -2.61. The van der Waals surface area contributed by atoms with Crippen molar-refractivity contribution in [1.29, 1.82) is 0 Å². The van der Waals surface area contributed by atoms with E-state index < -0.39 is 5.92 Å². The second-order valence-electron chi connectivity index (χ2n) is 6.67. The van der Waals surface area contributed by atoms with Crippen molar-refractivity contribution < 1.29 is 9.18 Å². The first-order chi connectivity index (χ1) is 12.4. The van der Waals surface area contributed by atoms with Gasteiger partial charge in [0.1, 0.15) is 17.6 Å². The Labute approximate surface area is 150 Å². The van der Waals surface area contributed by atoms with Gasteiger partial charge in [-0.3, -0.25) is 9.59 Å². The zero-order valence-corrected chi connectivity index (χ0v) is 15.1. The van der Waals surface area contributed by atoms with Crippen LogP contribution in [-0.2, 0) is 11.2 Å². The minimum atomic E-state index is -0.713. The SMILES string of the molecule is Cc1nc2n(c(=O)c1CCC(=O)NCCN(C)C)N=C1C=CC=C(F)C12. The standard InChI is InChI=1S/C18H22FN5O2/c1-11-12(7-8-15(25)20-9-10-23(2)3)18(26)24-17(21-11)16-13(19)5-4-6-14(16)22-24/h4-6,16H,7-10H2,1-3H3,(H,20,25). The van der Waals surface area contributed by atoms with E-state index in [0.717, 1.165) is 11.2 Å². The summed E-state index contributed by atoms with van der Waals surface area (Å²) in [6, 6.07) is 0. The number of nitrogens with one attached hydrogen (secondary N) is 1. The summed E-state index contributed by atoms with van der Waals surface area (Å²) in [6.45, 7) is 3.01. The van der Waals surface area contributed by atoms with Gasteiger partial charge in [0.2, 0.25) is 5.91 Å². The zero-order chi connectivity index (χ0) is 18.8. The number of carbonyl (C=O) groups excluding carboxylic acids is 1. The number of aryl methyl sites for hydroxylation is 1. The minimum absolute atomic E-state index is 0.118. The first-order valence-electron chi connectivity index (χ1n) is 8.55. The van der Waals surface area contributed by atoms with Crippen LogP contribution in [0.3, 0.4) is 0 Å². The molecule has 2 heterocycles. The number of hydrogen-bond acceptors (Lipinski definition) is 5. The van der Waals surface area contributed by atoms with Crippen LogP contribution in [0.25, 0.3) is 0 Å². The summed E-state index contributed by atoms with van der Waals surface area (Å²) in [5.41, 5.74) is 1.08. The Bertz CT molecular complexity index is 882. The molecule has 26 heavy (non-hydrogen) atoms. The quantitative estimate of drug-likeness (QED) is 0.818. The van der Waals surface area contributed by atoms with E-state index in [-0.39, 0.29) is 30.1 Å². The molecule has 3 rings (SSSR count). The number of rotatable bonds is 6. The number of allylic oxidation sites excluding steroid dienone is 4. The van der Waals surface area contributed by atoms with E-state index in [4.69, 9.17) is 0 Å². The highest BCUT2D eigenvalue weighted by atomic mass is 19.1. The van der Waals surface area contributed by atoms with Crippen molar-refractivity contribution in [2.45, 2.75) is 25.7 Å². The molecule has 1 unspecified atom stereocenters. The van der Waals surface area contributed by atoms with Gasteiger partial charge in [-0.2, -0.15) is 9.78 Å². The predicted octanol–water partition coefficient (Wildman–Crippen LogP) is 0.887. The third-order valence-corrected chi connectivity index (χ3v) is 4.44. The lowest BCUT2D eigenvalue weighted by molar-refractivity contribution is -0.121. The molecule has 1 atom stereocenters. The molecule has 1 aliphatic heterocycles. The second-order valence-corrected chi connectivity index (χ2v) is 6.67. The first kappa shape index (κ1) is 18.2. The number of amides is 1. The summed E-state index contributed by atoms with van der Waals surface area (Å²) in [5, 5.41) is 7.02. The number of halogens is 1. The normalized spacial score (nSPS) is 17.7. The fraction of sp³-hybridized carbons (Fsp3) is 0.444. The van der Waals surface area contributed by atoms with Crippen molar-refractivity contribution in [2.75, 3.05) is 27.2 Å². The van der Waals surface area contributed by atoms with Gasteiger partial charge in [-0.05, 0) is 39.6 Å². The third-order valence-electron chi connectivity index (χ3n) is 4.44. The van der Waals surface area contributed by atoms with Crippen LogP contribution in [0.5, 0.6) is 0 Å². The first-order valence-corrected chi connectivity index (χ1v) is 8.55. The van der Waals surface area contributed by atoms with Crippen LogP contribution >= 0.6 is 0 Å². The summed E-state index contributed by atoms with van der Waals surface area (Å²) in [7, 11) is 3.86. The molecule has 0 saturated heterocycles. The lowest BCUT2D eigenvalue weighted by Gasteiger charge is -2.13. The largest absolute Gasteiger partial charge is 0.355 e. The number of likely N-dealkylation sites (N-methyl/N-ethyl adjacent to an activating group) is 1. The molecule has 7 nitrogen and oxygen atoms in total. The molecule has 1 N–H and O–H groups in total. The number of hydrogen-bond donors (Lipinski definition) is 1. The summed E-state index contributed by atoms with van der Waals surface area (Å²) in [4.78, 5) is 31.1. The topological polar surface area (TPSA) is 79.6 Å². The highest BCUT2D eigenvalue weighted by Gasteiger charge is 2.34. The van der Waals surface area contributed by atoms with Crippen molar-refractivity contribution >= 4 is 11.6 Å². The summed E-state index contributed by atoms with van der Waals surface area (Å²) >= 11 is 0. The summed E-state index contributed by atoms with van der Waals surface area (Å²) in [6.07, 6.45) is 5.06. The minimum Gasteiger partial charge on any atom is -0.355 e. The Morgan fingerprint density at radius 2 is 2.19 bits per heavy atom. The Kier molecular flexibility index (Phi) is 5.13. The van der Waals surface area contributed by atoms with E-state index in [2.05, 4.69) is 15.4 Å². The van der Waals surface area contributed by atoms with E-state index in [1.54, 1.807) is 19.1 Å². The van der Waals surface area contributed by atoms with E-state index in [1.807, 2.05) is 19.0 Å². The van der Waals surface area contributed by atoms with Gasteiger partial charge in [-0.15, -0.1) is 0 Å². The highest BCUT2D eigenvalue weighted by Crippen LogP contribution is 2.32. The van der Waals surface area contributed by atoms with Crippen LogP contribution in [0.15, 0.2) is 34.0 Å². The van der Waals surface area contributed by atoms with Crippen LogP contribution in [0, 0.1) is 6.92 Å². The molecule has 138 valence electrons. The molecule has 0 spiro atoms. The number of fused-ring (bicyclic) bond motifs is 3. The number of nitrogens with zero attached hydrogens (tertiary/aromatic N) is 4. The smallest absolute Gasteiger partial charge is 0.277 e. The van der Waals surface area contributed by atoms with Crippen LogP contribution in [0.1, 0.15) is 29.4 Å². The average Bonchev–Trinajstić information content (AvgIpc) is 2.94. The van der Waals surface area contributed by atoms with Crippen molar-refractivity contribution in [3.63, 3.8) is 0 Å². The Morgan fingerprint density at radius 3 is 2.92 bits per heavy atom. The van der Waals surface area contributed by atoms with E-state index in [1.165, 1.54) is 6.08 Å². The van der Waals surface area contributed by atoms with Gasteiger partial charge in [-0.1, -0.05) is 6.08 Å². The van der Waals surface area contributed by atoms with Crippen LogP contribution in [0.2, 0.25) is 0 Å². The maximum atomic E-state index is 14.1. The lowest BCUT2D eigenvalue weighted by atomic mass is 9.97. The molecule has 1 aromatic heterocycles. The van der Waals surface area contributed by atoms with Gasteiger partial charge in [0, 0.05) is 30.8 Å². The lowest BCUT2D eigenvalue weighted by Crippen LogP contribution is -2.32. The van der Waals surface area contributed by atoms with Crippen LogP contribution in [0.4, 0.5) is 4.39 Å². The summed E-state index contributed by atoms with van der Waals surface area (Å²) < 4.78 is 15.3. The highest BCUT2D eigenvalue weighted by molar-refractivity contribution is 6.04. The molecule has 8 heteroatoms. The Morgan fingerprint density at radius 1 is 1.42 bits per heavy atom. The van der Waals surface area contributed by atoms with Crippen LogP contribution < -0.4 is 10.9 Å².